The Labute approximate surface area is 733 Å². The molecule has 20 unspecified atom stereocenters. The third-order valence-electron chi connectivity index (χ3n) is 24.3. The van der Waals surface area contributed by atoms with E-state index in [0.29, 0.717) is 24.7 Å². The summed E-state index contributed by atoms with van der Waals surface area (Å²) in [5, 5.41) is 50.2. The van der Waals surface area contributed by atoms with E-state index in [0.717, 1.165) is 12.8 Å². The molecule has 0 aromatic heterocycles. The minimum Gasteiger partial charge on any atom is -0.645 e. The van der Waals surface area contributed by atoms with Gasteiger partial charge in [-0.3, -0.25) is 19.2 Å². The van der Waals surface area contributed by atoms with E-state index in [9.17, 15) is 63.3 Å². The number of amides is 5. The van der Waals surface area contributed by atoms with E-state index in [4.69, 9.17) is 0 Å². The van der Waals surface area contributed by atoms with E-state index in [-0.39, 0.29) is 405 Å². The number of carbonyl (C=O) groups excluding carboxylic acids is 10. The van der Waals surface area contributed by atoms with Gasteiger partial charge in [0.15, 0.2) is 17.3 Å². The number of hydrogen-bond donors (Lipinski definition) is 3. The fourth-order valence-electron chi connectivity index (χ4n) is 15.2. The van der Waals surface area contributed by atoms with Crippen LogP contribution in [0.3, 0.4) is 0 Å². The van der Waals surface area contributed by atoms with Crippen LogP contribution in [0, 0.1) is 86.8 Å². The third-order valence-corrected chi connectivity index (χ3v) is 24.3. The number of Topliss-reactive ketones (excluding diaryl/α,β-unsaturated/α-hetero) is 4. The molecule has 90 heavy (non-hydrogen) atoms. The summed E-state index contributed by atoms with van der Waals surface area (Å²) >= 11 is 0. The number of nitrogens with zero attached hydrogens (tertiary/aromatic N) is 5. The van der Waals surface area contributed by atoms with Crippen LogP contribution in [0.1, 0.15) is 183 Å². The summed E-state index contributed by atoms with van der Waals surface area (Å²) in [4.78, 5) is 116. The Morgan fingerprint density at radius 3 is 1.06 bits per heavy atom. The molecule has 10 aliphatic rings. The number of ketones is 5. The van der Waals surface area contributed by atoms with Crippen molar-refractivity contribution < 1.29 is 332 Å². The van der Waals surface area contributed by atoms with Crippen molar-refractivity contribution in [2.45, 2.75) is 229 Å². The molecule has 9 fully saturated rings. The first kappa shape index (κ1) is 103. The second kappa shape index (κ2) is 37.1. The van der Waals surface area contributed by atoms with Gasteiger partial charge in [0.25, 0.3) is 0 Å². The Kier molecular flexibility index (Phi) is 42.5. The molecule has 0 aromatic carbocycles. The van der Waals surface area contributed by atoms with Crippen molar-refractivity contribution in [2.24, 2.45) is 86.8 Å². The van der Waals surface area contributed by atoms with Gasteiger partial charge in [-0.2, -0.15) is 0 Å². The van der Waals surface area contributed by atoms with E-state index in [1.807, 2.05) is 96.9 Å². The predicted octanol–water partition coefficient (Wildman–Crippen LogP) is 8.95. The second-order valence-corrected chi connectivity index (χ2v) is 28.0. The molecule has 5 radical (unpaired) electrons. The molecule has 28 heteroatoms. The maximum atomic E-state index is 12.4. The van der Waals surface area contributed by atoms with Gasteiger partial charge in [-0.1, -0.05) is 150 Å². The number of rotatable bonds is 2. The Bertz CT molecular complexity index is 2580. The van der Waals surface area contributed by atoms with Crippen LogP contribution >= 0.6 is 0 Å². The van der Waals surface area contributed by atoms with Gasteiger partial charge in [0, 0.05) is 291 Å². The van der Waals surface area contributed by atoms with E-state index in [2.05, 4.69) is 68.1 Å². The smallest absolute Gasteiger partial charge is 0.166 e. The summed E-state index contributed by atoms with van der Waals surface area (Å²) in [6, 6.07) is 0. The molecule has 18 nitrogen and oxygen atoms in total. The van der Waals surface area contributed by atoms with Crippen LogP contribution in [-0.4, -0.2) is 120 Å². The fourth-order valence-corrected chi connectivity index (χ4v) is 15.2. The minimum atomic E-state index is -1.12. The molecule has 5 saturated heterocycles. The average molecular weight is 2480 g/mol. The number of carbonyl (C=O) groups is 10. The van der Waals surface area contributed by atoms with Crippen LogP contribution in [0.2, 0.25) is 0 Å². The minimum absolute atomic E-state index is 0. The third kappa shape index (κ3) is 17.2. The van der Waals surface area contributed by atoms with Crippen molar-refractivity contribution in [3.05, 3.63) is 38.2 Å². The molecule has 5 heterocycles. The van der Waals surface area contributed by atoms with Gasteiger partial charge in [-0.25, -0.2) is 0 Å². The van der Waals surface area contributed by atoms with Crippen molar-refractivity contribution in [1.82, 2.24) is 0 Å². The maximum absolute atomic E-state index is 12.4. The molecule has 5 aliphatic heterocycles. The van der Waals surface area contributed by atoms with Crippen LogP contribution < -0.4 is 0 Å². The summed E-state index contributed by atoms with van der Waals surface area (Å²) in [5.41, 5.74) is -4.27. The summed E-state index contributed by atoms with van der Waals surface area (Å²) in [6.45, 7) is 40.1. The molecule has 5 amide bonds. The summed E-state index contributed by atoms with van der Waals surface area (Å²) in [5.74, 6) is 0.157. The molecule has 20 atom stereocenters. The number of allylic oxidation sites excluding steroid dienone is 1. The summed E-state index contributed by atoms with van der Waals surface area (Å²) in [7, 11) is 0. The number of β-lactam (4-membered cyclic amide) rings is 5. The summed E-state index contributed by atoms with van der Waals surface area (Å²) < 4.78 is 0. The molecule has 5 spiro atoms. The normalized spacial score (nSPS) is 40.9. The van der Waals surface area contributed by atoms with Crippen LogP contribution in [-0.2, 0) is 317 Å². The zero-order valence-corrected chi connectivity index (χ0v) is 85.1. The standard InChI is InChI=1S/C13H21NO3.C13H21NO2.2C12H19NO3.C12H17NO2.5W.5Y/c1-5-12(4)7(2)8(3)13(6-9(15)14-13)11(17)10(12)16;1-7-8(2)13(6-10(15)14-13)11(16)9(3)12(7,4)5;2*1-6-7(2)12(5-8(14)13-12)10(16)9(15)11(6,3)4;1-4-9-5-10(14)12(6-11(15)13-12)8(3)7(9)2;;;;;;;;;;/h7-8,10,16H,5-6H2,1-4H3,(H,14,15);7-9H,6H2,1-5H3,(H,14,15);6-7,10,16H,5H2,1-4H3,(H,13,14);6-7,9,15H,5H2,1-4H3,(H,13,14);5,7-8H,4,6H2,1-3H3,(H,13,15);;;;;;;;;;/p-5. The van der Waals surface area contributed by atoms with Gasteiger partial charge in [-0.15, -0.1) is 0 Å². The molecule has 493 valence electrons. The van der Waals surface area contributed by atoms with Gasteiger partial charge in [0.05, 0.1) is 29.5 Å². The van der Waals surface area contributed by atoms with Gasteiger partial charge in [0.1, 0.15) is 29.9 Å². The molecule has 0 bridgehead atoms. The number of aliphatic hydroxyl groups excluding tert-OH is 3. The first-order chi connectivity index (χ1) is 36.5. The molecule has 0 aromatic rings. The van der Waals surface area contributed by atoms with Crippen LogP contribution in [0.5, 0.6) is 0 Å². The van der Waals surface area contributed by atoms with Crippen molar-refractivity contribution in [3.63, 3.8) is 0 Å². The number of aliphatic hydroxyl groups is 3. The predicted molar refractivity (Wildman–Crippen MR) is 301 cm³/mol. The van der Waals surface area contributed by atoms with Gasteiger partial charge >= 0.3 is 0 Å². The molecular formula is C62H92N5O13W5Y5-5. The van der Waals surface area contributed by atoms with Crippen LogP contribution in [0.15, 0.2) is 11.6 Å². The molecule has 10 rings (SSSR count). The van der Waals surface area contributed by atoms with Gasteiger partial charge < -0.3 is 70.7 Å². The Balaban J connectivity index is -0.000000326. The average Bonchev–Trinajstić information content (AvgIpc) is 3.36. The Morgan fingerprint density at radius 2 is 0.711 bits per heavy atom. The number of hydrogen-bond acceptors (Lipinski definition) is 13. The largest absolute Gasteiger partial charge is 0.645 e. The van der Waals surface area contributed by atoms with Crippen molar-refractivity contribution >= 4 is 58.5 Å². The molecule has 3 N–H and O–H groups in total. The molecule has 5 aliphatic carbocycles. The second-order valence-electron chi connectivity index (χ2n) is 28.0. The van der Waals surface area contributed by atoms with E-state index >= 15 is 0 Å². The van der Waals surface area contributed by atoms with Crippen LogP contribution in [0.4, 0.5) is 0 Å². The monoisotopic (exact) mass is 2480 g/mol. The van der Waals surface area contributed by atoms with E-state index < -0.39 is 62.3 Å². The first-order valence-electron chi connectivity index (χ1n) is 29.2. The zero-order chi connectivity index (χ0) is 61.1. The summed E-state index contributed by atoms with van der Waals surface area (Å²) in [6.07, 6.45) is 1.41. The van der Waals surface area contributed by atoms with E-state index in [1.54, 1.807) is 6.08 Å². The van der Waals surface area contributed by atoms with Crippen LogP contribution in [0.25, 0.3) is 26.6 Å². The first-order valence-corrected chi connectivity index (χ1v) is 29.2. The van der Waals surface area contributed by atoms with Gasteiger partial charge in [-0.05, 0) is 138 Å². The maximum Gasteiger partial charge on any atom is 0.166 e. The molecular weight excluding hydrogens is 2390 g/mol. The topological polar surface area (TPSA) is 302 Å². The fraction of sp³-hybridized carbons (Fsp3) is 0.806. The van der Waals surface area contributed by atoms with Gasteiger partial charge in [0.2, 0.25) is 0 Å². The van der Waals surface area contributed by atoms with E-state index in [1.165, 1.54) is 5.57 Å². The zero-order valence-electron chi connectivity index (χ0n) is 56.2. The van der Waals surface area contributed by atoms with Crippen molar-refractivity contribution in [2.75, 3.05) is 0 Å². The molecule has 4 saturated carbocycles. The van der Waals surface area contributed by atoms with Crippen molar-refractivity contribution in [3.8, 4) is 0 Å². The Hall–Kier alpha value is 4.28. The SMILES string of the molecule is CC1C(C)C(C)(C)C(C)C(=O)C12CC(=O)[N-]2.CC1C(C)C(C)(C)C(O)C(=O)C12CC(=O)[N-]2.CC1C(C)C2(CC(=O)[N-]2)C(O)C(=O)C1(C)C.CCC1(C)C(O)C(=O)C2(CC(=O)[N-]2)C(C)C1C.CCC1=CC(=O)C2(CC(=O)[N-]2)C(C)C1C.[W].[W].[W].[W].[W].[Y].[Y].[Y].[Y].[Y]. The van der Waals surface area contributed by atoms with Crippen molar-refractivity contribution in [1.29, 1.82) is 0 Å². The quantitative estimate of drug-likeness (QED) is 0.218. The Morgan fingerprint density at radius 1 is 0.389 bits per heavy atom.